The lowest BCUT2D eigenvalue weighted by Gasteiger charge is -2.33. The number of benzene rings is 1. The molecule has 3 nitrogen and oxygen atoms in total. The molecule has 1 heterocycles. The van der Waals surface area contributed by atoms with E-state index < -0.39 is 0 Å². The van der Waals surface area contributed by atoms with Crippen molar-refractivity contribution in [1.82, 2.24) is 4.98 Å². The molecule has 0 aliphatic heterocycles. The van der Waals surface area contributed by atoms with E-state index in [4.69, 9.17) is 10.5 Å². The van der Waals surface area contributed by atoms with Crippen molar-refractivity contribution in [2.24, 2.45) is 5.73 Å². The number of aromatic nitrogens is 1. The van der Waals surface area contributed by atoms with Crippen molar-refractivity contribution in [1.29, 1.82) is 0 Å². The van der Waals surface area contributed by atoms with Gasteiger partial charge in [0.15, 0.2) is 0 Å². The third-order valence-electron chi connectivity index (χ3n) is 3.65. The fourth-order valence-electron chi connectivity index (χ4n) is 2.54. The first kappa shape index (κ1) is 14.5. The Hall–Kier alpha value is -0.910. The van der Waals surface area contributed by atoms with Crippen LogP contribution >= 0.6 is 28.3 Å². The molecule has 3 rings (SSSR count). The molecule has 2 N–H and O–H groups in total. The quantitative estimate of drug-likeness (QED) is 0.913. The van der Waals surface area contributed by atoms with Crippen molar-refractivity contribution in [2.45, 2.75) is 24.8 Å². The van der Waals surface area contributed by atoms with Gasteiger partial charge in [-0.15, -0.1) is 28.3 Å². The summed E-state index contributed by atoms with van der Waals surface area (Å²) in [6.07, 6.45) is 2.78. The monoisotopic (exact) mass is 340 g/mol. The number of nitrogens with zero attached hydrogens (tertiary/aromatic N) is 1. The molecule has 2 aromatic rings. The summed E-state index contributed by atoms with van der Waals surface area (Å²) in [5.41, 5.74) is 10.6. The van der Waals surface area contributed by atoms with Gasteiger partial charge >= 0.3 is 0 Å². The van der Waals surface area contributed by atoms with E-state index in [2.05, 4.69) is 11.1 Å². The maximum atomic E-state index is 6.60. The number of hydrogen-bond donors (Lipinski definition) is 1. The summed E-state index contributed by atoms with van der Waals surface area (Å²) in [5, 5.41) is 0. The van der Waals surface area contributed by atoms with E-state index in [1.807, 2.05) is 23.7 Å². The molecular formula is C14H17BrN2OS. The Morgan fingerprint density at radius 1 is 1.42 bits per heavy atom. The molecule has 19 heavy (non-hydrogen) atoms. The van der Waals surface area contributed by atoms with Crippen molar-refractivity contribution in [2.75, 3.05) is 7.11 Å². The second-order valence-electron chi connectivity index (χ2n) is 4.79. The van der Waals surface area contributed by atoms with Crippen LogP contribution in [0, 0.1) is 0 Å². The summed E-state index contributed by atoms with van der Waals surface area (Å²) in [6.45, 7) is 0. The van der Waals surface area contributed by atoms with Gasteiger partial charge in [-0.05, 0) is 30.5 Å². The Balaban J connectivity index is 0.00000133. The molecular weight excluding hydrogens is 324 g/mol. The van der Waals surface area contributed by atoms with Gasteiger partial charge in [0.2, 0.25) is 0 Å². The van der Waals surface area contributed by atoms with Gasteiger partial charge < -0.3 is 10.5 Å². The molecule has 1 aromatic carbocycles. The van der Waals surface area contributed by atoms with Gasteiger partial charge in [-0.1, -0.05) is 12.1 Å². The number of hydrogen-bond acceptors (Lipinski definition) is 4. The number of aryl methyl sites for hydroxylation is 1. The minimum atomic E-state index is -0.284. The number of ether oxygens (including phenoxy) is 1. The standard InChI is InChI=1S/C14H16N2OS.BrH/c1-17-11-4-2-3-10(7-11)14(15)6-5-12-13(8-14)18-9-16-12;/h2-4,7,9H,5-6,8,15H2,1H3;1H. The Labute approximate surface area is 127 Å². The average molecular weight is 341 g/mol. The molecule has 1 aliphatic carbocycles. The van der Waals surface area contributed by atoms with Crippen LogP contribution in [0.4, 0.5) is 0 Å². The van der Waals surface area contributed by atoms with E-state index in [1.54, 1.807) is 18.4 Å². The highest BCUT2D eigenvalue weighted by Gasteiger charge is 2.33. The average Bonchev–Trinajstić information content (AvgIpc) is 2.86. The van der Waals surface area contributed by atoms with E-state index in [9.17, 15) is 0 Å². The Morgan fingerprint density at radius 2 is 2.26 bits per heavy atom. The topological polar surface area (TPSA) is 48.1 Å². The molecule has 0 saturated heterocycles. The first-order valence-electron chi connectivity index (χ1n) is 6.06. The highest BCUT2D eigenvalue weighted by molar-refractivity contribution is 8.93. The number of methoxy groups -OCH3 is 1. The minimum absolute atomic E-state index is 0. The van der Waals surface area contributed by atoms with Crippen LogP contribution < -0.4 is 10.5 Å². The zero-order valence-corrected chi connectivity index (χ0v) is 13.3. The SMILES string of the molecule is Br.COc1cccc(C2(N)CCc3ncsc3C2)c1. The van der Waals surface area contributed by atoms with E-state index in [0.29, 0.717) is 0 Å². The fraction of sp³-hybridized carbons (Fsp3) is 0.357. The van der Waals surface area contributed by atoms with Crippen LogP contribution in [0.15, 0.2) is 29.8 Å². The van der Waals surface area contributed by atoms with Crippen LogP contribution in [0.5, 0.6) is 5.75 Å². The summed E-state index contributed by atoms with van der Waals surface area (Å²) >= 11 is 1.71. The lowest BCUT2D eigenvalue weighted by molar-refractivity contribution is 0.379. The highest BCUT2D eigenvalue weighted by atomic mass is 79.9. The third-order valence-corrected chi connectivity index (χ3v) is 4.53. The summed E-state index contributed by atoms with van der Waals surface area (Å²) in [4.78, 5) is 5.71. The molecule has 0 saturated carbocycles. The predicted molar refractivity (Wildman–Crippen MR) is 83.3 cm³/mol. The van der Waals surface area contributed by atoms with Gasteiger partial charge in [0, 0.05) is 16.8 Å². The summed E-state index contributed by atoms with van der Waals surface area (Å²) in [6, 6.07) is 8.10. The summed E-state index contributed by atoms with van der Waals surface area (Å²) in [5.74, 6) is 0.868. The maximum Gasteiger partial charge on any atom is 0.119 e. The van der Waals surface area contributed by atoms with Crippen LogP contribution in [-0.4, -0.2) is 12.1 Å². The molecule has 1 unspecified atom stereocenters. The van der Waals surface area contributed by atoms with Crippen molar-refractivity contribution in [3.8, 4) is 5.75 Å². The highest BCUT2D eigenvalue weighted by Crippen LogP contribution is 2.36. The second kappa shape index (κ2) is 5.61. The zero-order valence-electron chi connectivity index (χ0n) is 10.8. The Kier molecular flexibility index (Phi) is 4.28. The van der Waals surface area contributed by atoms with Crippen LogP contribution in [0.25, 0.3) is 0 Å². The molecule has 102 valence electrons. The molecule has 0 spiro atoms. The first-order chi connectivity index (χ1) is 8.71. The van der Waals surface area contributed by atoms with Gasteiger partial charge in [-0.3, -0.25) is 0 Å². The normalized spacial score (nSPS) is 21.4. The smallest absolute Gasteiger partial charge is 0.119 e. The maximum absolute atomic E-state index is 6.60. The largest absolute Gasteiger partial charge is 0.497 e. The van der Waals surface area contributed by atoms with Crippen molar-refractivity contribution >= 4 is 28.3 Å². The molecule has 0 amide bonds. The molecule has 1 aliphatic rings. The van der Waals surface area contributed by atoms with E-state index >= 15 is 0 Å². The van der Waals surface area contributed by atoms with Crippen LogP contribution in [0.3, 0.4) is 0 Å². The molecule has 0 fully saturated rings. The zero-order chi connectivity index (χ0) is 12.6. The number of thiazole rings is 1. The van der Waals surface area contributed by atoms with Crippen LogP contribution in [-0.2, 0) is 18.4 Å². The van der Waals surface area contributed by atoms with Gasteiger partial charge in [0.25, 0.3) is 0 Å². The first-order valence-corrected chi connectivity index (χ1v) is 6.94. The Morgan fingerprint density at radius 3 is 3.05 bits per heavy atom. The van der Waals surface area contributed by atoms with Gasteiger partial charge in [-0.2, -0.15) is 0 Å². The van der Waals surface area contributed by atoms with Gasteiger partial charge in [0.1, 0.15) is 5.75 Å². The molecule has 1 aromatic heterocycles. The van der Waals surface area contributed by atoms with Crippen molar-refractivity contribution in [3.63, 3.8) is 0 Å². The summed E-state index contributed by atoms with van der Waals surface area (Å²) < 4.78 is 5.28. The number of fused-ring (bicyclic) bond motifs is 1. The van der Waals surface area contributed by atoms with Crippen LogP contribution in [0.2, 0.25) is 0 Å². The van der Waals surface area contributed by atoms with E-state index in [0.717, 1.165) is 30.6 Å². The lowest BCUT2D eigenvalue weighted by Crippen LogP contribution is -2.41. The summed E-state index contributed by atoms with van der Waals surface area (Å²) in [7, 11) is 1.68. The number of nitrogens with two attached hydrogens (primary N) is 1. The number of halogens is 1. The van der Waals surface area contributed by atoms with Gasteiger partial charge in [0.05, 0.1) is 18.3 Å². The number of rotatable bonds is 2. The minimum Gasteiger partial charge on any atom is -0.497 e. The van der Waals surface area contributed by atoms with Crippen molar-refractivity contribution < 1.29 is 4.74 Å². The predicted octanol–water partition coefficient (Wildman–Crippen LogP) is 3.07. The Bertz CT molecular complexity index is 572. The van der Waals surface area contributed by atoms with Gasteiger partial charge in [-0.25, -0.2) is 4.98 Å². The lowest BCUT2D eigenvalue weighted by atomic mass is 9.78. The van der Waals surface area contributed by atoms with Crippen molar-refractivity contribution in [3.05, 3.63) is 45.9 Å². The van der Waals surface area contributed by atoms with E-state index in [1.165, 1.54) is 10.6 Å². The fourth-order valence-corrected chi connectivity index (χ4v) is 3.48. The molecule has 5 heteroatoms. The molecule has 0 bridgehead atoms. The third kappa shape index (κ3) is 2.68. The van der Waals surface area contributed by atoms with Crippen LogP contribution in [0.1, 0.15) is 22.6 Å². The van der Waals surface area contributed by atoms with E-state index in [-0.39, 0.29) is 22.5 Å². The molecule has 1 atom stereocenters. The second-order valence-corrected chi connectivity index (χ2v) is 5.73. The molecule has 0 radical (unpaired) electrons.